The van der Waals surface area contributed by atoms with E-state index in [1.807, 2.05) is 31.3 Å². The highest BCUT2D eigenvalue weighted by Crippen LogP contribution is 2.28. The maximum Gasteiger partial charge on any atom is 0.260 e. The zero-order chi connectivity index (χ0) is 13.9. The summed E-state index contributed by atoms with van der Waals surface area (Å²) < 4.78 is 11.1. The van der Waals surface area contributed by atoms with Crippen molar-refractivity contribution in [3.05, 3.63) is 30.1 Å². The normalized spacial score (nSPS) is 20.0. The molecule has 106 valence electrons. The number of para-hydroxylation sites is 1. The van der Waals surface area contributed by atoms with Crippen LogP contribution in [0.3, 0.4) is 0 Å². The number of hydrogen-bond acceptors (Lipinski definition) is 6. The van der Waals surface area contributed by atoms with Crippen LogP contribution in [0.25, 0.3) is 11.5 Å². The lowest BCUT2D eigenvalue weighted by Crippen LogP contribution is -2.35. The Hall–Kier alpha value is -1.92. The van der Waals surface area contributed by atoms with Gasteiger partial charge in [-0.2, -0.15) is 4.98 Å². The molecule has 3 rings (SSSR count). The molecule has 1 aliphatic heterocycles. The largest absolute Gasteiger partial charge is 0.387 e. The third-order valence-electron chi connectivity index (χ3n) is 3.43. The molecule has 1 saturated heterocycles. The van der Waals surface area contributed by atoms with Gasteiger partial charge in [0, 0.05) is 25.8 Å². The Balaban J connectivity index is 1.86. The van der Waals surface area contributed by atoms with E-state index in [4.69, 9.17) is 9.26 Å². The van der Waals surface area contributed by atoms with Crippen molar-refractivity contribution in [2.24, 2.45) is 0 Å². The summed E-state index contributed by atoms with van der Waals surface area (Å²) in [4.78, 5) is 6.68. The van der Waals surface area contributed by atoms with Gasteiger partial charge in [-0.15, -0.1) is 0 Å². The molecule has 6 nitrogen and oxygen atoms in total. The van der Waals surface area contributed by atoms with Gasteiger partial charge in [0.2, 0.25) is 5.82 Å². The van der Waals surface area contributed by atoms with E-state index in [9.17, 15) is 0 Å². The molecule has 1 atom stereocenters. The van der Waals surface area contributed by atoms with Gasteiger partial charge in [-0.3, -0.25) is 0 Å². The summed E-state index contributed by atoms with van der Waals surface area (Å²) in [6, 6.07) is 7.85. The lowest BCUT2D eigenvalue weighted by Gasteiger charge is -2.27. The molecule has 0 amide bonds. The highest BCUT2D eigenvalue weighted by molar-refractivity contribution is 5.72. The van der Waals surface area contributed by atoms with Gasteiger partial charge >= 0.3 is 0 Å². The van der Waals surface area contributed by atoms with Crippen LogP contribution in [0.4, 0.5) is 5.69 Å². The number of nitrogens with one attached hydrogen (secondary N) is 1. The Morgan fingerprint density at radius 2 is 2.20 bits per heavy atom. The molecule has 0 saturated carbocycles. The van der Waals surface area contributed by atoms with E-state index in [1.54, 1.807) is 0 Å². The number of morpholine rings is 1. The van der Waals surface area contributed by atoms with Gasteiger partial charge in [-0.25, -0.2) is 0 Å². The summed E-state index contributed by atoms with van der Waals surface area (Å²) in [6.07, 6.45) is -0.118. The van der Waals surface area contributed by atoms with E-state index in [0.717, 1.165) is 24.3 Å². The number of ether oxygens (including phenoxy) is 1. The van der Waals surface area contributed by atoms with Gasteiger partial charge in [-0.05, 0) is 19.2 Å². The molecule has 6 heteroatoms. The first-order chi connectivity index (χ1) is 9.78. The third kappa shape index (κ3) is 2.52. The molecule has 1 fully saturated rings. The average molecular weight is 274 g/mol. The van der Waals surface area contributed by atoms with Gasteiger partial charge in [0.25, 0.3) is 5.89 Å². The second-order valence-corrected chi connectivity index (χ2v) is 4.87. The van der Waals surface area contributed by atoms with E-state index in [0.29, 0.717) is 18.3 Å². The molecule has 2 aromatic rings. The van der Waals surface area contributed by atoms with E-state index < -0.39 is 0 Å². The molecule has 1 aromatic heterocycles. The van der Waals surface area contributed by atoms with Crippen molar-refractivity contribution in [1.29, 1.82) is 0 Å². The molecule has 1 N–H and O–H groups in total. The summed E-state index contributed by atoms with van der Waals surface area (Å²) in [5.41, 5.74) is 1.86. The van der Waals surface area contributed by atoms with Crippen LogP contribution in [0.5, 0.6) is 0 Å². The fourth-order valence-corrected chi connectivity index (χ4v) is 2.30. The predicted molar refractivity (Wildman–Crippen MR) is 75.5 cm³/mol. The van der Waals surface area contributed by atoms with E-state index in [1.165, 1.54) is 0 Å². The smallest absolute Gasteiger partial charge is 0.260 e. The van der Waals surface area contributed by atoms with E-state index >= 15 is 0 Å². The van der Waals surface area contributed by atoms with Crippen molar-refractivity contribution in [1.82, 2.24) is 15.0 Å². The molecule has 0 aliphatic carbocycles. The lowest BCUT2D eigenvalue weighted by atomic mass is 10.2. The molecular formula is C14H18N4O2. The highest BCUT2D eigenvalue weighted by Gasteiger charge is 2.25. The molecule has 2 heterocycles. The van der Waals surface area contributed by atoms with Crippen LogP contribution in [0.15, 0.2) is 28.8 Å². The van der Waals surface area contributed by atoms with Crippen molar-refractivity contribution in [3.8, 4) is 11.5 Å². The highest BCUT2D eigenvalue weighted by atomic mass is 16.5. The minimum atomic E-state index is -0.118. The minimum absolute atomic E-state index is 0.118. The number of benzene rings is 1. The first-order valence-electron chi connectivity index (χ1n) is 6.69. The first-order valence-corrected chi connectivity index (χ1v) is 6.69. The first kappa shape index (κ1) is 13.1. The second kappa shape index (κ2) is 5.60. The zero-order valence-corrected chi connectivity index (χ0v) is 11.7. The van der Waals surface area contributed by atoms with Crippen molar-refractivity contribution in [2.75, 3.05) is 39.1 Å². The van der Waals surface area contributed by atoms with E-state index in [-0.39, 0.29) is 6.10 Å². The number of likely N-dealkylation sites (N-methyl/N-ethyl adjacent to an activating group) is 1. The van der Waals surface area contributed by atoms with Gasteiger partial charge in [0.15, 0.2) is 0 Å². The molecule has 0 bridgehead atoms. The number of anilines is 1. The molecule has 1 aromatic carbocycles. The third-order valence-corrected chi connectivity index (χ3v) is 3.43. The molecule has 20 heavy (non-hydrogen) atoms. The van der Waals surface area contributed by atoms with Gasteiger partial charge < -0.3 is 19.5 Å². The van der Waals surface area contributed by atoms with E-state index in [2.05, 4.69) is 27.4 Å². The molecule has 0 radical (unpaired) electrons. The average Bonchev–Trinajstić information content (AvgIpc) is 2.97. The summed E-state index contributed by atoms with van der Waals surface area (Å²) in [5, 5.41) is 7.18. The van der Waals surface area contributed by atoms with Crippen LogP contribution in [-0.4, -0.2) is 48.8 Å². The van der Waals surface area contributed by atoms with Crippen LogP contribution < -0.4 is 5.32 Å². The van der Waals surface area contributed by atoms with Gasteiger partial charge in [0.1, 0.15) is 6.10 Å². The van der Waals surface area contributed by atoms with Crippen LogP contribution in [0.1, 0.15) is 11.9 Å². The quantitative estimate of drug-likeness (QED) is 0.920. The topological polar surface area (TPSA) is 63.4 Å². The maximum atomic E-state index is 5.70. The predicted octanol–water partition coefficient (Wildman–Crippen LogP) is 1.78. The molecule has 1 aliphatic rings. The van der Waals surface area contributed by atoms with Crippen molar-refractivity contribution in [2.45, 2.75) is 6.10 Å². The monoisotopic (exact) mass is 274 g/mol. The summed E-state index contributed by atoms with van der Waals surface area (Å²) in [7, 11) is 3.93. The van der Waals surface area contributed by atoms with Gasteiger partial charge in [0.05, 0.1) is 12.2 Å². The number of nitrogens with zero attached hydrogens (tertiary/aromatic N) is 3. The van der Waals surface area contributed by atoms with Crippen LogP contribution >= 0.6 is 0 Å². The zero-order valence-electron chi connectivity index (χ0n) is 11.7. The van der Waals surface area contributed by atoms with Crippen LogP contribution in [0, 0.1) is 0 Å². The molecule has 0 spiro atoms. The molecular weight excluding hydrogens is 256 g/mol. The van der Waals surface area contributed by atoms with Crippen molar-refractivity contribution >= 4 is 5.69 Å². The summed E-state index contributed by atoms with van der Waals surface area (Å²) >= 11 is 0. The lowest BCUT2D eigenvalue weighted by molar-refractivity contribution is -0.0264. The SMILES string of the molecule is CNc1ccccc1-c1nc(C2CN(C)CCO2)no1. The Labute approximate surface area is 117 Å². The Bertz CT molecular complexity index is 584. The Morgan fingerprint density at radius 1 is 1.35 bits per heavy atom. The number of aromatic nitrogens is 2. The van der Waals surface area contributed by atoms with Crippen LogP contribution in [0.2, 0.25) is 0 Å². The fraction of sp³-hybridized carbons (Fsp3) is 0.429. The summed E-state index contributed by atoms with van der Waals surface area (Å²) in [6.45, 7) is 2.41. The second-order valence-electron chi connectivity index (χ2n) is 4.87. The summed E-state index contributed by atoms with van der Waals surface area (Å²) in [5.74, 6) is 1.12. The van der Waals surface area contributed by atoms with Crippen LogP contribution in [-0.2, 0) is 4.74 Å². The Kier molecular flexibility index (Phi) is 3.66. The fourth-order valence-electron chi connectivity index (χ4n) is 2.30. The van der Waals surface area contributed by atoms with Crippen molar-refractivity contribution < 1.29 is 9.26 Å². The maximum absolute atomic E-state index is 5.70. The standard InChI is InChI=1S/C14H18N4O2/c1-15-11-6-4-3-5-10(11)14-16-13(17-20-14)12-9-18(2)7-8-19-12/h3-6,12,15H,7-9H2,1-2H3. The number of hydrogen-bond donors (Lipinski definition) is 1. The Morgan fingerprint density at radius 3 is 3.00 bits per heavy atom. The number of rotatable bonds is 3. The molecule has 1 unspecified atom stereocenters. The minimum Gasteiger partial charge on any atom is -0.387 e. The van der Waals surface area contributed by atoms with Crippen molar-refractivity contribution in [3.63, 3.8) is 0 Å². The van der Waals surface area contributed by atoms with Gasteiger partial charge in [-0.1, -0.05) is 17.3 Å².